The molecular formula is C18H18IrN3P3. The van der Waals surface area contributed by atoms with Crippen LogP contribution in [0.5, 0.6) is 0 Å². The van der Waals surface area contributed by atoms with Gasteiger partial charge in [-0.15, -0.1) is 0 Å². The topological polar surface area (TPSA) is 38.7 Å². The van der Waals surface area contributed by atoms with E-state index >= 15 is 0 Å². The number of rotatable bonds is 0. The van der Waals surface area contributed by atoms with Crippen LogP contribution in [0.1, 0.15) is 34.2 Å². The van der Waals surface area contributed by atoms with Crippen LogP contribution in [0.25, 0.3) is 0 Å². The number of fused-ring (bicyclic) bond motifs is 6. The Morgan fingerprint density at radius 2 is 0.720 bits per heavy atom. The van der Waals surface area contributed by atoms with Gasteiger partial charge in [0.05, 0.1) is 0 Å². The molecule has 0 saturated carbocycles. The van der Waals surface area contributed by atoms with Crippen molar-refractivity contribution in [3.05, 3.63) is 88.8 Å². The van der Waals surface area contributed by atoms with Gasteiger partial charge in [-0.05, 0) is 36.4 Å². The summed E-state index contributed by atoms with van der Waals surface area (Å²) in [5.74, 6) is 0. The number of hydrogen-bond donors (Lipinski definition) is 0. The van der Waals surface area contributed by atoms with Crippen LogP contribution < -0.4 is 0 Å². The minimum Gasteiger partial charge on any atom is -0.257 e. The van der Waals surface area contributed by atoms with Gasteiger partial charge in [0.25, 0.3) is 0 Å². The summed E-state index contributed by atoms with van der Waals surface area (Å²) in [7, 11) is 4.17. The minimum atomic E-state index is 0. The first-order valence-electron chi connectivity index (χ1n) is 7.95. The molecule has 0 fully saturated rings. The molecule has 0 aliphatic carbocycles. The number of aromatic nitrogens is 3. The zero-order valence-corrected chi connectivity index (χ0v) is 18.9. The van der Waals surface area contributed by atoms with E-state index in [1.54, 1.807) is 0 Å². The Bertz CT molecular complexity index is 756. The summed E-state index contributed by atoms with van der Waals surface area (Å²) < 4.78 is 0. The quantitative estimate of drug-likeness (QED) is 0.275. The molecule has 0 aromatic carbocycles. The largest absolute Gasteiger partial charge is 0.257 e. The van der Waals surface area contributed by atoms with Crippen LogP contribution in [0.3, 0.4) is 0 Å². The van der Waals surface area contributed by atoms with E-state index in [0.717, 1.165) is 53.4 Å². The molecule has 4 aromatic rings. The SMILES string of the molecule is [Ir].[pH]1[pH][pH]1.c1cc2nc(c1)Cc1cccc(n1)Cc1cccc(n1)C2. The Labute approximate surface area is 165 Å². The zero-order valence-electron chi connectivity index (χ0n) is 13.5. The molecule has 0 spiro atoms. The second kappa shape index (κ2) is 9.09. The van der Waals surface area contributed by atoms with Crippen LogP contribution in [0.4, 0.5) is 0 Å². The van der Waals surface area contributed by atoms with Gasteiger partial charge in [0.15, 0.2) is 0 Å². The number of pyridine rings is 3. The van der Waals surface area contributed by atoms with Crippen LogP contribution in [-0.4, -0.2) is 15.0 Å². The predicted molar refractivity (Wildman–Crippen MR) is 106 cm³/mol. The van der Waals surface area contributed by atoms with Crippen molar-refractivity contribution in [3.63, 3.8) is 0 Å². The molecule has 6 bridgehead atoms. The van der Waals surface area contributed by atoms with Crippen molar-refractivity contribution in [2.45, 2.75) is 19.3 Å². The Morgan fingerprint density at radius 3 is 0.920 bits per heavy atom. The first-order valence-corrected chi connectivity index (χ1v) is 13.9. The summed E-state index contributed by atoms with van der Waals surface area (Å²) in [6, 6.07) is 18.6. The van der Waals surface area contributed by atoms with Crippen molar-refractivity contribution in [2.24, 2.45) is 0 Å². The van der Waals surface area contributed by atoms with E-state index in [2.05, 4.69) is 54.6 Å². The second-order valence-electron chi connectivity index (χ2n) is 5.77. The summed E-state index contributed by atoms with van der Waals surface area (Å²) in [4.78, 5) is 14.2. The van der Waals surface area contributed by atoms with E-state index in [4.69, 9.17) is 15.0 Å². The number of nitrogens with zero attached hydrogens (tertiary/aromatic N) is 3. The maximum absolute atomic E-state index is 4.73. The molecule has 129 valence electrons. The molecule has 3 nitrogen and oxygen atoms in total. The average molecular weight is 562 g/mol. The number of hydrogen-bond acceptors (Lipinski definition) is 3. The Hall–Kier alpha value is -1.00. The smallest absolute Gasteiger partial charge is 0.0466 e. The molecule has 1 aliphatic heterocycles. The van der Waals surface area contributed by atoms with Crippen LogP contribution in [0.15, 0.2) is 54.6 Å². The summed E-state index contributed by atoms with van der Waals surface area (Å²) in [6.07, 6.45) is 2.34. The van der Waals surface area contributed by atoms with Gasteiger partial charge in [-0.25, -0.2) is 0 Å². The molecule has 1 radical (unpaired) electrons. The summed E-state index contributed by atoms with van der Waals surface area (Å²) in [5.41, 5.74) is 6.38. The van der Waals surface area contributed by atoms with Gasteiger partial charge in [-0.2, -0.15) is 0 Å². The van der Waals surface area contributed by atoms with Crippen molar-refractivity contribution in [1.82, 2.24) is 15.0 Å². The summed E-state index contributed by atoms with van der Waals surface area (Å²) in [5, 5.41) is 0. The fraction of sp³-hybridized carbons (Fsp3) is 0.167. The van der Waals surface area contributed by atoms with E-state index in [-0.39, 0.29) is 20.1 Å². The van der Waals surface area contributed by atoms with Crippen LogP contribution in [0.2, 0.25) is 0 Å². The van der Waals surface area contributed by atoms with E-state index in [9.17, 15) is 0 Å². The van der Waals surface area contributed by atoms with Gasteiger partial charge in [0, 0.05) is 73.5 Å². The standard InChI is InChI=1S/C18H15N3.Ir.H3P3/c1-4-13-10-15-6-2-8-17(20-15)12-18-9-3-7-16(21-18)11-14(5-1)19-13;;1-2-3-1/h1-9H,10-12H2;;1-3H. The molecule has 4 aromatic heterocycles. The first kappa shape index (κ1) is 18.8. The van der Waals surface area contributed by atoms with Gasteiger partial charge in [0.1, 0.15) is 0 Å². The van der Waals surface area contributed by atoms with Gasteiger partial charge in [-0.3, -0.25) is 15.0 Å². The zero-order chi connectivity index (χ0) is 16.2. The Morgan fingerprint density at radius 1 is 0.480 bits per heavy atom. The van der Waals surface area contributed by atoms with Crippen molar-refractivity contribution in [3.8, 4) is 0 Å². The third-order valence-electron chi connectivity index (χ3n) is 3.81. The third-order valence-corrected chi connectivity index (χ3v) is 7.06. The van der Waals surface area contributed by atoms with Crippen molar-refractivity contribution >= 4 is 22.6 Å². The molecular weight excluding hydrogens is 543 g/mol. The van der Waals surface area contributed by atoms with E-state index < -0.39 is 0 Å². The molecule has 5 heterocycles. The molecule has 0 N–H and O–H groups in total. The normalized spacial score (nSPS) is 13.0. The Kier molecular flexibility index (Phi) is 6.83. The maximum atomic E-state index is 4.73. The molecule has 25 heavy (non-hydrogen) atoms. The average Bonchev–Trinajstić information content (AvgIpc) is 3.44. The van der Waals surface area contributed by atoms with Gasteiger partial charge in [-0.1, -0.05) is 40.8 Å². The van der Waals surface area contributed by atoms with E-state index in [0.29, 0.717) is 0 Å². The van der Waals surface area contributed by atoms with Gasteiger partial charge < -0.3 is 0 Å². The van der Waals surface area contributed by atoms with E-state index in [1.807, 2.05) is 0 Å². The first-order chi connectivity index (χ1) is 11.8. The van der Waals surface area contributed by atoms with Crippen LogP contribution in [-0.2, 0) is 39.4 Å². The van der Waals surface area contributed by atoms with E-state index in [1.165, 1.54) is 22.6 Å². The molecule has 0 saturated heterocycles. The molecule has 5 rings (SSSR count). The van der Waals surface area contributed by atoms with Crippen molar-refractivity contribution < 1.29 is 20.1 Å². The molecule has 1 aliphatic rings. The molecule has 0 atom stereocenters. The minimum absolute atomic E-state index is 0. The fourth-order valence-electron chi connectivity index (χ4n) is 2.74. The van der Waals surface area contributed by atoms with Gasteiger partial charge >= 0.3 is 0 Å². The third kappa shape index (κ3) is 5.75. The maximum Gasteiger partial charge on any atom is 0.0466 e. The second-order valence-corrected chi connectivity index (χ2v) is 15.5. The summed E-state index contributed by atoms with van der Waals surface area (Å²) >= 11 is 0. The molecule has 7 heteroatoms. The fourth-order valence-corrected chi connectivity index (χ4v) is 2.74. The summed E-state index contributed by atoms with van der Waals surface area (Å²) in [6.45, 7) is 0. The molecule has 0 amide bonds. The van der Waals surface area contributed by atoms with Crippen molar-refractivity contribution in [2.75, 3.05) is 0 Å². The van der Waals surface area contributed by atoms with Crippen LogP contribution in [0, 0.1) is 0 Å². The van der Waals surface area contributed by atoms with Crippen LogP contribution >= 0.6 is 22.6 Å². The van der Waals surface area contributed by atoms with Crippen molar-refractivity contribution in [1.29, 1.82) is 0 Å². The molecule has 0 unspecified atom stereocenters. The Balaban J connectivity index is 0.000000414. The van der Waals surface area contributed by atoms with Gasteiger partial charge in [0.2, 0.25) is 0 Å². The predicted octanol–water partition coefficient (Wildman–Crippen LogP) is 4.74. The monoisotopic (exact) mass is 562 g/mol.